The summed E-state index contributed by atoms with van der Waals surface area (Å²) >= 11 is 1.60. The zero-order chi connectivity index (χ0) is 16.1. The van der Waals surface area contributed by atoms with E-state index in [2.05, 4.69) is 12.1 Å². The molecule has 1 fully saturated rings. The van der Waals surface area contributed by atoms with Gasteiger partial charge >= 0.3 is 0 Å². The Morgan fingerprint density at radius 2 is 1.78 bits per heavy atom. The Morgan fingerprint density at radius 3 is 2.43 bits per heavy atom. The molecule has 23 heavy (non-hydrogen) atoms. The van der Waals surface area contributed by atoms with Crippen molar-refractivity contribution in [3.8, 4) is 0 Å². The SMILES string of the molecule is O=C(CCSc1ccc(F)cc1)N(Cc1ccccc1)C1CC1. The number of hydrogen-bond acceptors (Lipinski definition) is 2. The molecule has 0 heterocycles. The molecule has 0 bridgehead atoms. The van der Waals surface area contributed by atoms with E-state index in [0.29, 0.717) is 19.0 Å². The van der Waals surface area contributed by atoms with E-state index in [4.69, 9.17) is 0 Å². The Balaban J connectivity index is 1.51. The first-order valence-electron chi connectivity index (χ1n) is 7.94. The fourth-order valence-corrected chi connectivity index (χ4v) is 3.36. The van der Waals surface area contributed by atoms with Crippen molar-refractivity contribution >= 4 is 17.7 Å². The number of benzene rings is 2. The molecule has 1 amide bonds. The number of thioether (sulfide) groups is 1. The normalized spacial score (nSPS) is 13.8. The first-order chi connectivity index (χ1) is 11.2. The van der Waals surface area contributed by atoms with E-state index in [9.17, 15) is 9.18 Å². The third kappa shape index (κ3) is 4.83. The van der Waals surface area contributed by atoms with Gasteiger partial charge in [-0.15, -0.1) is 11.8 Å². The highest BCUT2D eigenvalue weighted by atomic mass is 32.2. The van der Waals surface area contributed by atoms with Crippen LogP contribution < -0.4 is 0 Å². The molecule has 0 atom stereocenters. The molecule has 0 radical (unpaired) electrons. The fourth-order valence-electron chi connectivity index (χ4n) is 2.52. The van der Waals surface area contributed by atoms with Gasteiger partial charge in [0.25, 0.3) is 0 Å². The van der Waals surface area contributed by atoms with Crippen LogP contribution >= 0.6 is 11.8 Å². The lowest BCUT2D eigenvalue weighted by Crippen LogP contribution is -2.32. The second-order valence-corrected chi connectivity index (χ2v) is 6.96. The van der Waals surface area contributed by atoms with E-state index in [0.717, 1.165) is 23.5 Å². The Hall–Kier alpha value is -1.81. The van der Waals surface area contributed by atoms with Crippen molar-refractivity contribution in [1.82, 2.24) is 4.90 Å². The van der Waals surface area contributed by atoms with E-state index in [-0.39, 0.29) is 11.7 Å². The number of halogens is 1. The van der Waals surface area contributed by atoms with Crippen LogP contribution in [0.3, 0.4) is 0 Å². The summed E-state index contributed by atoms with van der Waals surface area (Å²) in [6, 6.07) is 17.0. The molecule has 1 aliphatic rings. The molecule has 0 saturated heterocycles. The van der Waals surface area contributed by atoms with Gasteiger partial charge in [-0.25, -0.2) is 4.39 Å². The lowest BCUT2D eigenvalue weighted by molar-refractivity contribution is -0.131. The van der Waals surface area contributed by atoms with E-state index in [1.807, 2.05) is 23.1 Å². The minimum Gasteiger partial charge on any atom is -0.335 e. The topological polar surface area (TPSA) is 20.3 Å². The Morgan fingerprint density at radius 1 is 1.09 bits per heavy atom. The highest BCUT2D eigenvalue weighted by molar-refractivity contribution is 7.99. The summed E-state index contributed by atoms with van der Waals surface area (Å²) in [4.78, 5) is 15.5. The second-order valence-electron chi connectivity index (χ2n) is 5.79. The molecule has 0 unspecified atom stereocenters. The van der Waals surface area contributed by atoms with Gasteiger partial charge in [-0.05, 0) is 42.7 Å². The maximum atomic E-state index is 12.9. The molecular formula is C19H20FNOS. The summed E-state index contributed by atoms with van der Waals surface area (Å²) in [5.41, 5.74) is 1.18. The molecule has 0 aromatic heterocycles. The van der Waals surface area contributed by atoms with Crippen molar-refractivity contribution in [2.45, 2.75) is 36.7 Å². The number of hydrogen-bond donors (Lipinski definition) is 0. The summed E-state index contributed by atoms with van der Waals surface area (Å²) < 4.78 is 12.9. The van der Waals surface area contributed by atoms with E-state index in [1.54, 1.807) is 23.9 Å². The Kier molecular flexibility index (Phi) is 5.34. The van der Waals surface area contributed by atoms with Gasteiger partial charge < -0.3 is 4.90 Å². The van der Waals surface area contributed by atoms with Gasteiger partial charge in [0.1, 0.15) is 5.82 Å². The Bertz CT molecular complexity index is 640. The van der Waals surface area contributed by atoms with Crippen LogP contribution in [-0.2, 0) is 11.3 Å². The third-order valence-corrected chi connectivity index (χ3v) is 4.92. The third-order valence-electron chi connectivity index (χ3n) is 3.90. The van der Waals surface area contributed by atoms with E-state index < -0.39 is 0 Å². The molecule has 3 rings (SSSR count). The van der Waals surface area contributed by atoms with Crippen molar-refractivity contribution in [3.63, 3.8) is 0 Å². The average molecular weight is 329 g/mol. The number of nitrogens with zero attached hydrogens (tertiary/aromatic N) is 1. The van der Waals surface area contributed by atoms with Crippen LogP contribution in [0.2, 0.25) is 0 Å². The predicted molar refractivity (Wildman–Crippen MR) is 91.8 cm³/mol. The van der Waals surface area contributed by atoms with Gasteiger partial charge in [-0.1, -0.05) is 30.3 Å². The van der Waals surface area contributed by atoms with Crippen molar-refractivity contribution < 1.29 is 9.18 Å². The highest BCUT2D eigenvalue weighted by Crippen LogP contribution is 2.29. The summed E-state index contributed by atoms with van der Waals surface area (Å²) in [6.07, 6.45) is 2.75. The smallest absolute Gasteiger partial charge is 0.223 e. The summed E-state index contributed by atoms with van der Waals surface area (Å²) in [6.45, 7) is 0.700. The van der Waals surface area contributed by atoms with Gasteiger partial charge in [0, 0.05) is 29.7 Å². The number of rotatable bonds is 7. The number of amides is 1. The second kappa shape index (κ2) is 7.64. The molecule has 0 spiro atoms. The lowest BCUT2D eigenvalue weighted by Gasteiger charge is -2.22. The maximum absolute atomic E-state index is 12.9. The first kappa shape index (κ1) is 16.1. The van der Waals surface area contributed by atoms with Crippen LogP contribution in [0, 0.1) is 5.82 Å². The molecule has 0 N–H and O–H groups in total. The van der Waals surface area contributed by atoms with E-state index >= 15 is 0 Å². The van der Waals surface area contributed by atoms with Crippen molar-refractivity contribution in [2.24, 2.45) is 0 Å². The standard InChI is InChI=1S/C19H20FNOS/c20-16-6-10-18(11-7-16)23-13-12-19(22)21(17-8-9-17)14-15-4-2-1-3-5-15/h1-7,10-11,17H,8-9,12-14H2. The van der Waals surface area contributed by atoms with Crippen molar-refractivity contribution in [1.29, 1.82) is 0 Å². The van der Waals surface area contributed by atoms with Crippen LogP contribution in [0.5, 0.6) is 0 Å². The summed E-state index contributed by atoms with van der Waals surface area (Å²) in [5.74, 6) is 0.710. The fraction of sp³-hybridized carbons (Fsp3) is 0.316. The molecule has 2 nitrogen and oxygen atoms in total. The van der Waals surface area contributed by atoms with Crippen LogP contribution in [0.25, 0.3) is 0 Å². The predicted octanol–water partition coefficient (Wildman–Crippen LogP) is 4.50. The highest BCUT2D eigenvalue weighted by Gasteiger charge is 2.32. The van der Waals surface area contributed by atoms with Crippen LogP contribution in [-0.4, -0.2) is 22.6 Å². The minimum absolute atomic E-state index is 0.214. The zero-order valence-corrected chi connectivity index (χ0v) is 13.8. The number of carbonyl (C=O) groups excluding carboxylic acids is 1. The zero-order valence-electron chi connectivity index (χ0n) is 13.0. The van der Waals surface area contributed by atoms with Gasteiger partial charge in [0.15, 0.2) is 0 Å². The molecular weight excluding hydrogens is 309 g/mol. The van der Waals surface area contributed by atoms with Gasteiger partial charge in [-0.3, -0.25) is 4.79 Å². The average Bonchev–Trinajstić information content (AvgIpc) is 3.40. The van der Waals surface area contributed by atoms with E-state index in [1.165, 1.54) is 17.7 Å². The van der Waals surface area contributed by atoms with Crippen LogP contribution in [0.4, 0.5) is 4.39 Å². The van der Waals surface area contributed by atoms with Crippen LogP contribution in [0.15, 0.2) is 59.5 Å². The van der Waals surface area contributed by atoms with Crippen molar-refractivity contribution in [3.05, 3.63) is 66.0 Å². The quantitative estimate of drug-likeness (QED) is 0.697. The molecule has 2 aromatic carbocycles. The Labute approximate surface area is 140 Å². The molecule has 0 aliphatic heterocycles. The molecule has 1 aliphatic carbocycles. The number of carbonyl (C=O) groups is 1. The molecule has 4 heteroatoms. The van der Waals surface area contributed by atoms with Gasteiger partial charge in [-0.2, -0.15) is 0 Å². The van der Waals surface area contributed by atoms with Crippen molar-refractivity contribution in [2.75, 3.05) is 5.75 Å². The lowest BCUT2D eigenvalue weighted by atomic mass is 10.2. The molecule has 1 saturated carbocycles. The molecule has 2 aromatic rings. The molecule has 120 valence electrons. The monoisotopic (exact) mass is 329 g/mol. The maximum Gasteiger partial charge on any atom is 0.223 e. The van der Waals surface area contributed by atoms with Gasteiger partial charge in [0.2, 0.25) is 5.91 Å². The summed E-state index contributed by atoms with van der Waals surface area (Å²) in [7, 11) is 0. The largest absolute Gasteiger partial charge is 0.335 e. The minimum atomic E-state index is -0.229. The summed E-state index contributed by atoms with van der Waals surface area (Å²) in [5, 5.41) is 0. The van der Waals surface area contributed by atoms with Gasteiger partial charge in [0.05, 0.1) is 0 Å². The first-order valence-corrected chi connectivity index (χ1v) is 8.93. The van der Waals surface area contributed by atoms with Crippen LogP contribution in [0.1, 0.15) is 24.8 Å².